The van der Waals surface area contributed by atoms with Gasteiger partial charge in [-0.25, -0.2) is 0 Å². The van der Waals surface area contributed by atoms with Crippen molar-refractivity contribution >= 4 is 35.1 Å². The monoisotopic (exact) mass is 445 g/mol. The molecule has 2 aromatic rings. The van der Waals surface area contributed by atoms with Crippen LogP contribution in [0.25, 0.3) is 0 Å². The molecule has 0 atom stereocenters. The van der Waals surface area contributed by atoms with Gasteiger partial charge >= 0.3 is 0 Å². The highest BCUT2D eigenvalue weighted by molar-refractivity contribution is 7.97. The third-order valence-electron chi connectivity index (χ3n) is 5.11. The molecule has 7 heteroatoms. The zero-order chi connectivity index (χ0) is 21.3. The van der Waals surface area contributed by atoms with Gasteiger partial charge in [-0.05, 0) is 87.7 Å². The number of likely N-dealkylation sites (tertiary alicyclic amines) is 1. The Labute approximate surface area is 189 Å². The number of rotatable bonds is 10. The number of nitrogens with zero attached hydrogens (tertiary/aromatic N) is 2. The topological polar surface area (TPSA) is 54.4 Å². The fourth-order valence-corrected chi connectivity index (χ4v) is 4.43. The Balaban J connectivity index is 1.69. The molecule has 3 rings (SSSR count). The molecular weight excluding hydrogens is 414 g/mol. The van der Waals surface area contributed by atoms with Gasteiger partial charge in [0.15, 0.2) is 0 Å². The van der Waals surface area contributed by atoms with Crippen molar-refractivity contribution < 1.29 is 0 Å². The standard InChI is InChI=1S/C23H32ClN5S/c1-28(2)12-6-11-27-30-20-9-10-22(26-17-18-7-5-8-19(24)15-18)21(16-20)23(25)29-13-3-4-14-29/h5,7-10,15-16,25-27H,3-4,6,11-14,17H2,1-2H3. The lowest BCUT2D eigenvalue weighted by atomic mass is 10.1. The van der Waals surface area contributed by atoms with Gasteiger partial charge in [-0.1, -0.05) is 23.7 Å². The van der Waals surface area contributed by atoms with Crippen LogP contribution in [-0.2, 0) is 6.54 Å². The van der Waals surface area contributed by atoms with Gasteiger partial charge in [0.2, 0.25) is 0 Å². The maximum Gasteiger partial charge on any atom is 0.130 e. The maximum absolute atomic E-state index is 8.80. The Bertz CT molecular complexity index is 836. The van der Waals surface area contributed by atoms with Crippen molar-refractivity contribution in [1.82, 2.24) is 14.5 Å². The summed E-state index contributed by atoms with van der Waals surface area (Å²) < 4.78 is 3.45. The number of nitrogens with one attached hydrogen (secondary N) is 3. The predicted molar refractivity (Wildman–Crippen MR) is 130 cm³/mol. The second kappa shape index (κ2) is 11.6. The number of amidine groups is 1. The molecule has 2 aromatic carbocycles. The van der Waals surface area contributed by atoms with Gasteiger partial charge in [0.25, 0.3) is 0 Å². The lowest BCUT2D eigenvalue weighted by Gasteiger charge is -2.22. The van der Waals surface area contributed by atoms with Crippen LogP contribution in [0.4, 0.5) is 5.69 Å². The van der Waals surface area contributed by atoms with Crippen molar-refractivity contribution in [2.24, 2.45) is 0 Å². The van der Waals surface area contributed by atoms with E-state index in [2.05, 4.69) is 58.2 Å². The summed E-state index contributed by atoms with van der Waals surface area (Å²) in [5.41, 5.74) is 3.07. The molecule has 30 heavy (non-hydrogen) atoms. The minimum absolute atomic E-state index is 0.608. The van der Waals surface area contributed by atoms with E-state index in [1.807, 2.05) is 18.2 Å². The van der Waals surface area contributed by atoms with Crippen molar-refractivity contribution in [3.05, 3.63) is 58.6 Å². The molecule has 1 heterocycles. The third-order valence-corrected chi connectivity index (χ3v) is 6.19. The first-order valence-electron chi connectivity index (χ1n) is 10.5. The lowest BCUT2D eigenvalue weighted by Crippen LogP contribution is -2.28. The Morgan fingerprint density at radius 2 is 1.97 bits per heavy atom. The molecule has 0 spiro atoms. The van der Waals surface area contributed by atoms with E-state index >= 15 is 0 Å². The van der Waals surface area contributed by atoms with Crippen LogP contribution in [0.15, 0.2) is 47.4 Å². The zero-order valence-corrected chi connectivity index (χ0v) is 19.5. The molecule has 0 aromatic heterocycles. The number of benzene rings is 2. The SMILES string of the molecule is CN(C)CCCNSc1ccc(NCc2cccc(Cl)c2)c(C(=N)N2CCCC2)c1. The molecule has 1 fully saturated rings. The van der Waals surface area contributed by atoms with Crippen LogP contribution in [0.1, 0.15) is 30.4 Å². The van der Waals surface area contributed by atoms with Gasteiger partial charge in [0.05, 0.1) is 0 Å². The highest BCUT2D eigenvalue weighted by Crippen LogP contribution is 2.26. The minimum atomic E-state index is 0.608. The first-order chi connectivity index (χ1) is 14.5. The van der Waals surface area contributed by atoms with Gasteiger partial charge in [0.1, 0.15) is 5.84 Å². The van der Waals surface area contributed by atoms with Crippen LogP contribution in [0.5, 0.6) is 0 Å². The van der Waals surface area contributed by atoms with Crippen LogP contribution < -0.4 is 10.0 Å². The van der Waals surface area contributed by atoms with Crippen molar-refractivity contribution in [2.75, 3.05) is 45.6 Å². The van der Waals surface area contributed by atoms with Gasteiger partial charge in [-0.15, -0.1) is 0 Å². The summed E-state index contributed by atoms with van der Waals surface area (Å²) in [6, 6.07) is 14.2. The van der Waals surface area contributed by atoms with E-state index < -0.39 is 0 Å². The zero-order valence-electron chi connectivity index (χ0n) is 17.9. The summed E-state index contributed by atoms with van der Waals surface area (Å²) in [4.78, 5) is 5.51. The van der Waals surface area contributed by atoms with Crippen LogP contribution in [-0.4, -0.2) is 55.9 Å². The highest BCUT2D eigenvalue weighted by atomic mass is 35.5. The summed E-state index contributed by atoms with van der Waals surface area (Å²) in [6.07, 6.45) is 3.43. The van der Waals surface area contributed by atoms with Crippen LogP contribution in [0.3, 0.4) is 0 Å². The van der Waals surface area contributed by atoms with Crippen molar-refractivity contribution in [1.29, 1.82) is 5.41 Å². The summed E-state index contributed by atoms with van der Waals surface area (Å²) in [7, 11) is 4.19. The van der Waals surface area contributed by atoms with Crippen molar-refractivity contribution in [3.63, 3.8) is 0 Å². The Morgan fingerprint density at radius 3 is 2.70 bits per heavy atom. The summed E-state index contributed by atoms with van der Waals surface area (Å²) in [5.74, 6) is 0.608. The van der Waals surface area contributed by atoms with Crippen molar-refractivity contribution in [2.45, 2.75) is 30.7 Å². The van der Waals surface area contributed by atoms with E-state index in [1.165, 1.54) is 0 Å². The van der Waals surface area contributed by atoms with Gasteiger partial charge < -0.3 is 15.1 Å². The first-order valence-corrected chi connectivity index (χ1v) is 11.7. The molecule has 0 aliphatic carbocycles. The minimum Gasteiger partial charge on any atom is -0.380 e. The van der Waals surface area contributed by atoms with Gasteiger partial charge in [-0.3, -0.25) is 10.1 Å². The Kier molecular flexibility index (Phi) is 8.88. The normalized spacial score (nSPS) is 13.8. The Morgan fingerprint density at radius 1 is 1.17 bits per heavy atom. The molecule has 1 aliphatic rings. The number of hydrogen-bond donors (Lipinski definition) is 3. The molecule has 0 unspecified atom stereocenters. The predicted octanol–water partition coefficient (Wildman–Crippen LogP) is 4.92. The second-order valence-electron chi connectivity index (χ2n) is 7.89. The van der Waals surface area contributed by atoms with Gasteiger partial charge in [-0.2, -0.15) is 0 Å². The lowest BCUT2D eigenvalue weighted by molar-refractivity contribution is 0.401. The molecule has 5 nitrogen and oxygen atoms in total. The largest absolute Gasteiger partial charge is 0.380 e. The quantitative estimate of drug-likeness (QED) is 0.210. The summed E-state index contributed by atoms with van der Waals surface area (Å²) in [6.45, 7) is 4.64. The molecule has 3 N–H and O–H groups in total. The molecule has 0 saturated carbocycles. The van der Waals surface area contributed by atoms with E-state index in [-0.39, 0.29) is 0 Å². The van der Waals surface area contributed by atoms with Crippen LogP contribution in [0, 0.1) is 5.41 Å². The number of halogens is 1. The molecule has 162 valence electrons. The van der Waals surface area contributed by atoms with E-state index in [1.54, 1.807) is 11.9 Å². The first kappa shape index (κ1) is 22.9. The highest BCUT2D eigenvalue weighted by Gasteiger charge is 2.19. The van der Waals surface area contributed by atoms with E-state index in [0.717, 1.165) is 72.2 Å². The van der Waals surface area contributed by atoms with E-state index in [9.17, 15) is 0 Å². The van der Waals surface area contributed by atoms with E-state index in [4.69, 9.17) is 17.0 Å². The summed E-state index contributed by atoms with van der Waals surface area (Å²) in [5, 5.41) is 13.1. The number of anilines is 1. The third kappa shape index (κ3) is 6.91. The summed E-state index contributed by atoms with van der Waals surface area (Å²) >= 11 is 7.76. The average Bonchev–Trinajstić information content (AvgIpc) is 3.26. The molecular formula is C23H32ClN5S. The van der Waals surface area contributed by atoms with E-state index in [0.29, 0.717) is 12.4 Å². The molecule has 0 radical (unpaired) electrons. The average molecular weight is 446 g/mol. The fourth-order valence-electron chi connectivity index (χ4n) is 3.49. The smallest absolute Gasteiger partial charge is 0.130 e. The van der Waals surface area contributed by atoms with Crippen molar-refractivity contribution in [3.8, 4) is 0 Å². The molecule has 0 bridgehead atoms. The molecule has 1 saturated heterocycles. The number of hydrogen-bond acceptors (Lipinski definition) is 5. The Hall–Kier alpha value is -1.73. The van der Waals surface area contributed by atoms with Gasteiger partial charge in [0, 0.05) is 47.3 Å². The van der Waals surface area contributed by atoms with Crippen LogP contribution >= 0.6 is 23.5 Å². The second-order valence-corrected chi connectivity index (χ2v) is 9.29. The maximum atomic E-state index is 8.80. The fraction of sp³-hybridized carbons (Fsp3) is 0.435. The molecule has 0 amide bonds. The van der Waals surface area contributed by atoms with Crippen LogP contribution in [0.2, 0.25) is 5.02 Å². The molecule has 1 aliphatic heterocycles.